The van der Waals surface area contributed by atoms with Crippen LogP contribution in [0.5, 0.6) is 0 Å². The van der Waals surface area contributed by atoms with E-state index < -0.39 is 0 Å². The van der Waals surface area contributed by atoms with Crippen LogP contribution in [0.4, 0.5) is 0 Å². The van der Waals surface area contributed by atoms with Gasteiger partial charge in [-0.3, -0.25) is 0 Å². The zero-order valence-electron chi connectivity index (χ0n) is 17.3. The fraction of sp³-hybridized carbons (Fsp3) is 0.240. The smallest absolute Gasteiger partial charge is 0.205 e. The third-order valence-corrected chi connectivity index (χ3v) is 6.22. The van der Waals surface area contributed by atoms with Crippen LogP contribution in [0.2, 0.25) is 10.0 Å². The first-order chi connectivity index (χ1) is 15.0. The van der Waals surface area contributed by atoms with Crippen molar-refractivity contribution < 1.29 is 9.64 Å². The average Bonchev–Trinajstić information content (AvgIpc) is 2.76. The topological polar surface area (TPSA) is 63.5 Å². The first kappa shape index (κ1) is 21.5. The molecular formula is C25H24Cl2N3O+. The van der Waals surface area contributed by atoms with Crippen molar-refractivity contribution >= 4 is 29.3 Å². The van der Waals surface area contributed by atoms with Crippen molar-refractivity contribution in [2.45, 2.75) is 19.3 Å². The fourth-order valence-electron chi connectivity index (χ4n) is 4.36. The highest BCUT2D eigenvalue weighted by atomic mass is 35.5. The van der Waals surface area contributed by atoms with Crippen molar-refractivity contribution in [1.82, 2.24) is 0 Å². The van der Waals surface area contributed by atoms with Gasteiger partial charge < -0.3 is 15.4 Å². The van der Waals surface area contributed by atoms with Gasteiger partial charge in [-0.2, -0.15) is 5.26 Å². The summed E-state index contributed by atoms with van der Waals surface area (Å²) in [6, 6.07) is 17.6. The van der Waals surface area contributed by atoms with Crippen molar-refractivity contribution in [2.75, 3.05) is 19.6 Å². The predicted octanol–water partition coefficient (Wildman–Crippen LogP) is 4.45. The first-order valence-electron chi connectivity index (χ1n) is 10.4. The van der Waals surface area contributed by atoms with Crippen LogP contribution in [0, 0.1) is 11.3 Å². The van der Waals surface area contributed by atoms with Gasteiger partial charge in [0.1, 0.15) is 30.5 Å². The summed E-state index contributed by atoms with van der Waals surface area (Å²) in [4.78, 5) is 1.43. The van der Waals surface area contributed by atoms with E-state index in [1.165, 1.54) is 4.90 Å². The number of halogens is 2. The molecule has 0 radical (unpaired) electrons. The third-order valence-electron chi connectivity index (χ3n) is 5.72. The lowest BCUT2D eigenvalue weighted by Gasteiger charge is -2.36. The van der Waals surface area contributed by atoms with Gasteiger partial charge in [-0.1, -0.05) is 54.4 Å². The Morgan fingerprint density at radius 3 is 2.35 bits per heavy atom. The van der Waals surface area contributed by atoms with Crippen molar-refractivity contribution in [3.05, 3.63) is 98.1 Å². The van der Waals surface area contributed by atoms with E-state index in [4.69, 9.17) is 33.7 Å². The molecule has 4 rings (SSSR count). The Labute approximate surface area is 192 Å². The molecule has 0 amide bonds. The highest BCUT2D eigenvalue weighted by Crippen LogP contribution is 2.41. The van der Waals surface area contributed by atoms with Gasteiger partial charge in [-0.15, -0.1) is 0 Å². The van der Waals surface area contributed by atoms with Crippen LogP contribution >= 0.6 is 23.2 Å². The van der Waals surface area contributed by atoms with Crippen molar-refractivity contribution in [3.8, 4) is 6.07 Å². The molecule has 6 heteroatoms. The molecule has 1 unspecified atom stereocenters. The van der Waals surface area contributed by atoms with Crippen LogP contribution < -0.4 is 10.6 Å². The second-order valence-electron chi connectivity index (χ2n) is 7.91. The van der Waals surface area contributed by atoms with E-state index in [1.807, 2.05) is 48.5 Å². The Kier molecular flexibility index (Phi) is 6.38. The molecule has 158 valence electrons. The minimum Gasteiger partial charge on any atom is -0.440 e. The van der Waals surface area contributed by atoms with E-state index in [0.717, 1.165) is 54.1 Å². The molecule has 0 aromatic heterocycles. The highest BCUT2D eigenvalue weighted by molar-refractivity contribution is 6.30. The summed E-state index contributed by atoms with van der Waals surface area (Å²) in [5.74, 6) is 0.709. The largest absolute Gasteiger partial charge is 0.440 e. The molecule has 2 heterocycles. The summed E-state index contributed by atoms with van der Waals surface area (Å²) >= 11 is 12.2. The molecular weight excluding hydrogens is 429 g/mol. The Bertz CT molecular complexity index is 1110. The number of nitrogens with one attached hydrogen (secondary N) is 1. The maximum Gasteiger partial charge on any atom is 0.205 e. The summed E-state index contributed by atoms with van der Waals surface area (Å²) in [6.07, 6.45) is 3.20. The van der Waals surface area contributed by atoms with Crippen LogP contribution in [0.25, 0.3) is 6.08 Å². The lowest BCUT2D eigenvalue weighted by molar-refractivity contribution is -0.892. The minimum atomic E-state index is -0.244. The molecule has 2 aliphatic heterocycles. The molecule has 0 fully saturated rings. The molecule has 0 spiro atoms. The first-order valence-corrected chi connectivity index (χ1v) is 11.1. The van der Waals surface area contributed by atoms with Crippen molar-refractivity contribution in [1.29, 1.82) is 5.26 Å². The Hall–Kier alpha value is -2.71. The number of quaternary nitrogens is 1. The van der Waals surface area contributed by atoms with Crippen LogP contribution in [-0.4, -0.2) is 19.6 Å². The van der Waals surface area contributed by atoms with E-state index in [2.05, 4.69) is 19.1 Å². The Balaban J connectivity index is 1.85. The lowest BCUT2D eigenvalue weighted by atomic mass is 9.80. The van der Waals surface area contributed by atoms with Gasteiger partial charge in [0.2, 0.25) is 5.88 Å². The van der Waals surface area contributed by atoms with Crippen LogP contribution in [0.3, 0.4) is 0 Å². The lowest BCUT2D eigenvalue weighted by Crippen LogP contribution is -3.13. The summed E-state index contributed by atoms with van der Waals surface area (Å²) in [6.45, 7) is 4.85. The molecule has 31 heavy (non-hydrogen) atoms. The van der Waals surface area contributed by atoms with Crippen LogP contribution in [0.1, 0.15) is 30.4 Å². The fourth-order valence-corrected chi connectivity index (χ4v) is 4.62. The van der Waals surface area contributed by atoms with Crippen molar-refractivity contribution in [2.24, 2.45) is 5.73 Å². The van der Waals surface area contributed by atoms with E-state index in [1.54, 1.807) is 0 Å². The number of hydrogen-bond donors (Lipinski definition) is 2. The summed E-state index contributed by atoms with van der Waals surface area (Å²) in [7, 11) is 0. The average molecular weight is 453 g/mol. The van der Waals surface area contributed by atoms with Gasteiger partial charge in [0, 0.05) is 21.2 Å². The number of ether oxygens (including phenoxy) is 1. The van der Waals surface area contributed by atoms with Gasteiger partial charge >= 0.3 is 0 Å². The molecule has 4 nitrogen and oxygen atoms in total. The van der Waals surface area contributed by atoms with Crippen LogP contribution in [-0.2, 0) is 4.74 Å². The zero-order chi connectivity index (χ0) is 22.0. The second kappa shape index (κ2) is 9.20. The molecule has 2 aromatic carbocycles. The van der Waals surface area contributed by atoms with Crippen LogP contribution in [0.15, 0.2) is 76.9 Å². The molecule has 2 aromatic rings. The zero-order valence-corrected chi connectivity index (χ0v) is 18.8. The minimum absolute atomic E-state index is 0.169. The quantitative estimate of drug-likeness (QED) is 0.719. The summed E-state index contributed by atoms with van der Waals surface area (Å²) < 4.78 is 6.09. The van der Waals surface area contributed by atoms with Gasteiger partial charge in [0.15, 0.2) is 0 Å². The maximum absolute atomic E-state index is 9.88. The molecule has 2 atom stereocenters. The summed E-state index contributed by atoms with van der Waals surface area (Å²) in [5, 5.41) is 11.2. The maximum atomic E-state index is 9.88. The van der Waals surface area contributed by atoms with Gasteiger partial charge in [-0.25, -0.2) is 0 Å². The highest BCUT2D eigenvalue weighted by Gasteiger charge is 2.39. The molecule has 2 aliphatic rings. The van der Waals surface area contributed by atoms with E-state index in [-0.39, 0.29) is 11.8 Å². The standard InChI is InChI=1S/C25H23Cl2N3O/c1-2-11-30-14-18(12-16-3-7-19(26)8-4-16)24-22(15-30)23(21(13-28)25(29)31-24)17-5-9-20(27)10-6-17/h3-10,12,23H,2,11,14-15,29H2,1H3/p+1/b18-12-/t23-/m1/s1. The SMILES string of the molecule is CCC[NH+]1CC2=C(OC(N)=C(C#N)[C@H]2c2ccc(Cl)cc2)/C(=C\c2ccc(Cl)cc2)C1. The number of benzene rings is 2. The summed E-state index contributed by atoms with van der Waals surface area (Å²) in [5.41, 5.74) is 10.9. The Morgan fingerprint density at radius 2 is 1.74 bits per heavy atom. The molecule has 0 aliphatic carbocycles. The van der Waals surface area contributed by atoms with Crippen molar-refractivity contribution in [3.63, 3.8) is 0 Å². The van der Waals surface area contributed by atoms with E-state index >= 15 is 0 Å². The van der Waals surface area contributed by atoms with Gasteiger partial charge in [-0.05, 0) is 47.9 Å². The third kappa shape index (κ3) is 4.50. The molecule has 0 saturated carbocycles. The molecule has 0 bridgehead atoms. The molecule has 3 N–H and O–H groups in total. The number of allylic oxidation sites excluding steroid dienone is 1. The number of nitrogens with two attached hydrogens (primary N) is 1. The van der Waals surface area contributed by atoms with E-state index in [0.29, 0.717) is 15.6 Å². The number of nitriles is 1. The Morgan fingerprint density at radius 1 is 1.10 bits per heavy atom. The normalized spacial score (nSPS) is 22.2. The van der Waals surface area contributed by atoms with Gasteiger partial charge in [0.05, 0.1) is 12.5 Å². The number of hydrogen-bond acceptors (Lipinski definition) is 3. The second-order valence-corrected chi connectivity index (χ2v) is 8.78. The number of nitrogens with zero attached hydrogens (tertiary/aromatic N) is 1. The van der Waals surface area contributed by atoms with Gasteiger partial charge in [0.25, 0.3) is 0 Å². The molecule has 0 saturated heterocycles. The number of rotatable bonds is 4. The monoisotopic (exact) mass is 452 g/mol. The predicted molar refractivity (Wildman–Crippen MR) is 124 cm³/mol. The van der Waals surface area contributed by atoms with E-state index in [9.17, 15) is 5.26 Å².